The van der Waals surface area contributed by atoms with Crippen molar-refractivity contribution >= 4 is 33.2 Å². The van der Waals surface area contributed by atoms with Crippen LogP contribution in [-0.2, 0) is 13.0 Å². The topological polar surface area (TPSA) is 64.4 Å². The van der Waals surface area contributed by atoms with Gasteiger partial charge in [0.05, 0.1) is 18.3 Å². The SMILES string of the molecule is CCc1cc2c(=O)n(CC(O)COc3ccc(Cl)cc3)cnc2s1. The first-order valence-electron chi connectivity index (χ1n) is 7.61. The van der Waals surface area contributed by atoms with E-state index in [1.807, 2.05) is 13.0 Å². The Morgan fingerprint density at radius 3 is 2.83 bits per heavy atom. The average Bonchev–Trinajstić information content (AvgIpc) is 3.01. The number of rotatable bonds is 6. The Bertz CT molecular complexity index is 889. The molecule has 1 unspecified atom stereocenters. The number of nitrogens with zero attached hydrogens (tertiary/aromatic N) is 2. The van der Waals surface area contributed by atoms with Crippen LogP contribution in [-0.4, -0.2) is 27.4 Å². The summed E-state index contributed by atoms with van der Waals surface area (Å²) in [5.74, 6) is 0.616. The van der Waals surface area contributed by atoms with Gasteiger partial charge < -0.3 is 9.84 Å². The van der Waals surface area contributed by atoms with Gasteiger partial charge in [0.2, 0.25) is 0 Å². The Kier molecular flexibility index (Phi) is 5.18. The van der Waals surface area contributed by atoms with E-state index in [0.29, 0.717) is 16.2 Å². The van der Waals surface area contributed by atoms with E-state index >= 15 is 0 Å². The van der Waals surface area contributed by atoms with Crippen LogP contribution in [0, 0.1) is 0 Å². The normalized spacial score (nSPS) is 12.5. The van der Waals surface area contributed by atoms with Crippen LogP contribution in [0.15, 0.2) is 41.5 Å². The second-order valence-corrected chi connectivity index (χ2v) is 6.96. The lowest BCUT2D eigenvalue weighted by atomic mass is 10.3. The first kappa shape index (κ1) is 17.0. The van der Waals surface area contributed by atoms with Gasteiger partial charge in [-0.1, -0.05) is 18.5 Å². The molecule has 7 heteroatoms. The molecule has 5 nitrogen and oxygen atoms in total. The van der Waals surface area contributed by atoms with Crippen LogP contribution in [0.4, 0.5) is 0 Å². The lowest BCUT2D eigenvalue weighted by Gasteiger charge is -2.13. The average molecular weight is 365 g/mol. The van der Waals surface area contributed by atoms with E-state index in [2.05, 4.69) is 4.98 Å². The summed E-state index contributed by atoms with van der Waals surface area (Å²) >= 11 is 7.34. The number of aliphatic hydroxyl groups is 1. The van der Waals surface area contributed by atoms with Crippen molar-refractivity contribution in [2.75, 3.05) is 6.61 Å². The van der Waals surface area contributed by atoms with E-state index < -0.39 is 6.10 Å². The van der Waals surface area contributed by atoms with Crippen LogP contribution >= 0.6 is 22.9 Å². The van der Waals surface area contributed by atoms with E-state index in [9.17, 15) is 9.90 Å². The number of ether oxygens (including phenoxy) is 1. The second kappa shape index (κ2) is 7.34. The fourth-order valence-corrected chi connectivity index (χ4v) is 3.37. The maximum absolute atomic E-state index is 12.5. The van der Waals surface area contributed by atoms with Crippen molar-refractivity contribution in [3.8, 4) is 5.75 Å². The van der Waals surface area contributed by atoms with Crippen LogP contribution < -0.4 is 10.3 Å². The molecule has 0 bridgehead atoms. The highest BCUT2D eigenvalue weighted by molar-refractivity contribution is 7.18. The van der Waals surface area contributed by atoms with Crippen molar-refractivity contribution in [2.45, 2.75) is 26.0 Å². The molecule has 24 heavy (non-hydrogen) atoms. The number of thiophene rings is 1. The molecule has 0 spiro atoms. The highest BCUT2D eigenvalue weighted by Crippen LogP contribution is 2.21. The quantitative estimate of drug-likeness (QED) is 0.730. The monoisotopic (exact) mass is 364 g/mol. The molecule has 3 aromatic rings. The summed E-state index contributed by atoms with van der Waals surface area (Å²) in [6.45, 7) is 2.25. The third-order valence-electron chi connectivity index (χ3n) is 3.58. The minimum absolute atomic E-state index is 0.0793. The smallest absolute Gasteiger partial charge is 0.262 e. The van der Waals surface area contributed by atoms with Gasteiger partial charge in [0.15, 0.2) is 0 Å². The van der Waals surface area contributed by atoms with Crippen LogP contribution in [0.3, 0.4) is 0 Å². The number of fused-ring (bicyclic) bond motifs is 1. The molecule has 0 saturated carbocycles. The van der Waals surface area contributed by atoms with Crippen molar-refractivity contribution in [3.05, 3.63) is 56.9 Å². The van der Waals surface area contributed by atoms with Gasteiger partial charge in [-0.25, -0.2) is 4.98 Å². The number of aryl methyl sites for hydroxylation is 1. The Morgan fingerprint density at radius 2 is 2.12 bits per heavy atom. The Balaban J connectivity index is 1.68. The molecule has 0 radical (unpaired) electrons. The highest BCUT2D eigenvalue weighted by Gasteiger charge is 2.12. The molecule has 0 aliphatic heterocycles. The Morgan fingerprint density at radius 1 is 1.38 bits per heavy atom. The minimum Gasteiger partial charge on any atom is -0.491 e. The van der Waals surface area contributed by atoms with E-state index in [0.717, 1.165) is 16.1 Å². The summed E-state index contributed by atoms with van der Waals surface area (Å²) in [6.07, 6.45) is 1.53. The van der Waals surface area contributed by atoms with E-state index in [4.69, 9.17) is 16.3 Å². The third-order valence-corrected chi connectivity index (χ3v) is 5.02. The van der Waals surface area contributed by atoms with Gasteiger partial charge in [-0.3, -0.25) is 9.36 Å². The summed E-state index contributed by atoms with van der Waals surface area (Å²) in [6, 6.07) is 8.77. The molecule has 1 N–H and O–H groups in total. The van der Waals surface area contributed by atoms with E-state index in [1.165, 1.54) is 22.2 Å². The van der Waals surface area contributed by atoms with Crippen molar-refractivity contribution < 1.29 is 9.84 Å². The summed E-state index contributed by atoms with van der Waals surface area (Å²) in [4.78, 5) is 18.6. The third kappa shape index (κ3) is 3.77. The molecule has 3 rings (SSSR count). The van der Waals surface area contributed by atoms with E-state index in [1.54, 1.807) is 24.3 Å². The summed E-state index contributed by atoms with van der Waals surface area (Å²) in [5, 5.41) is 11.4. The molecule has 1 atom stereocenters. The Hall–Kier alpha value is -1.89. The number of aromatic nitrogens is 2. The predicted octanol–water partition coefficient (Wildman–Crippen LogP) is 3.11. The maximum Gasteiger partial charge on any atom is 0.262 e. The van der Waals surface area contributed by atoms with Crippen LogP contribution in [0.25, 0.3) is 10.2 Å². The number of hydrogen-bond donors (Lipinski definition) is 1. The fourth-order valence-electron chi connectivity index (χ4n) is 2.32. The Labute approximate surface area is 148 Å². The van der Waals surface area contributed by atoms with Gasteiger partial charge in [-0.2, -0.15) is 0 Å². The number of aliphatic hydroxyl groups excluding tert-OH is 1. The van der Waals surface area contributed by atoms with Gasteiger partial charge in [0.25, 0.3) is 5.56 Å². The lowest BCUT2D eigenvalue weighted by molar-refractivity contribution is 0.0915. The maximum atomic E-state index is 12.5. The van der Waals surface area contributed by atoms with Crippen molar-refractivity contribution in [1.82, 2.24) is 9.55 Å². The van der Waals surface area contributed by atoms with Gasteiger partial charge in [0.1, 0.15) is 23.3 Å². The number of benzene rings is 1. The first-order valence-corrected chi connectivity index (χ1v) is 8.80. The number of hydrogen-bond acceptors (Lipinski definition) is 5. The lowest BCUT2D eigenvalue weighted by Crippen LogP contribution is -2.30. The van der Waals surface area contributed by atoms with E-state index in [-0.39, 0.29) is 18.7 Å². The molecule has 1 aromatic carbocycles. The van der Waals surface area contributed by atoms with Crippen molar-refractivity contribution in [3.63, 3.8) is 0 Å². The molecule has 126 valence electrons. The zero-order valence-electron chi connectivity index (χ0n) is 13.1. The summed E-state index contributed by atoms with van der Waals surface area (Å²) < 4.78 is 6.92. The molecular weight excluding hydrogens is 348 g/mol. The largest absolute Gasteiger partial charge is 0.491 e. The zero-order valence-corrected chi connectivity index (χ0v) is 14.7. The predicted molar refractivity (Wildman–Crippen MR) is 96.2 cm³/mol. The molecule has 0 aliphatic carbocycles. The van der Waals surface area contributed by atoms with Gasteiger partial charge >= 0.3 is 0 Å². The molecule has 0 saturated heterocycles. The van der Waals surface area contributed by atoms with Crippen LogP contribution in [0.5, 0.6) is 5.75 Å². The zero-order chi connectivity index (χ0) is 17.1. The summed E-state index contributed by atoms with van der Waals surface area (Å²) in [5.41, 5.74) is -0.138. The number of halogens is 1. The van der Waals surface area contributed by atoms with Gasteiger partial charge in [-0.15, -0.1) is 11.3 Å². The highest BCUT2D eigenvalue weighted by atomic mass is 35.5. The molecular formula is C17H17ClN2O3S. The van der Waals surface area contributed by atoms with Gasteiger partial charge in [0, 0.05) is 9.90 Å². The minimum atomic E-state index is -0.818. The first-order chi connectivity index (χ1) is 11.6. The summed E-state index contributed by atoms with van der Waals surface area (Å²) in [7, 11) is 0. The standard InChI is InChI=1S/C17H17ClN2O3S/c1-2-14-7-15-16(24-14)19-10-20(17(15)22)8-12(21)9-23-13-5-3-11(18)4-6-13/h3-7,10,12,21H,2,8-9H2,1H3. The molecule has 0 aliphatic rings. The molecule has 0 fully saturated rings. The second-order valence-electron chi connectivity index (χ2n) is 5.41. The molecule has 0 amide bonds. The molecule has 2 aromatic heterocycles. The van der Waals surface area contributed by atoms with Crippen LogP contribution in [0.1, 0.15) is 11.8 Å². The van der Waals surface area contributed by atoms with Crippen molar-refractivity contribution in [1.29, 1.82) is 0 Å². The van der Waals surface area contributed by atoms with Crippen LogP contribution in [0.2, 0.25) is 5.02 Å². The van der Waals surface area contributed by atoms with Crippen molar-refractivity contribution in [2.24, 2.45) is 0 Å². The molecule has 2 heterocycles. The fraction of sp³-hybridized carbons (Fsp3) is 0.294. The van der Waals surface area contributed by atoms with Gasteiger partial charge in [-0.05, 0) is 36.8 Å².